The van der Waals surface area contributed by atoms with Gasteiger partial charge in [0.1, 0.15) is 6.54 Å². The Balaban J connectivity index is 1.57. The van der Waals surface area contributed by atoms with Crippen LogP contribution in [0.4, 0.5) is 0 Å². The summed E-state index contributed by atoms with van der Waals surface area (Å²) < 4.78 is 3.22. The fourth-order valence-corrected chi connectivity index (χ4v) is 3.81. The summed E-state index contributed by atoms with van der Waals surface area (Å²) in [4.78, 5) is 26.0. The largest absolute Gasteiger partial charge is 0.350 e. The predicted molar refractivity (Wildman–Crippen MR) is 123 cm³/mol. The van der Waals surface area contributed by atoms with Crippen molar-refractivity contribution < 1.29 is 4.79 Å². The van der Waals surface area contributed by atoms with E-state index in [0.29, 0.717) is 17.9 Å². The third kappa shape index (κ3) is 3.54. The molecule has 0 atom stereocenters. The van der Waals surface area contributed by atoms with Crippen molar-refractivity contribution in [2.24, 2.45) is 0 Å². The minimum atomic E-state index is -0.357. The molecular formula is C25H21N5O2. The minimum Gasteiger partial charge on any atom is -0.350 e. The van der Waals surface area contributed by atoms with Gasteiger partial charge in [-0.15, -0.1) is 10.2 Å². The molecule has 2 aromatic heterocycles. The number of carbonyl (C=O) groups is 1. The van der Waals surface area contributed by atoms with Crippen LogP contribution < -0.4 is 10.9 Å². The van der Waals surface area contributed by atoms with Gasteiger partial charge < -0.3 is 5.32 Å². The lowest BCUT2D eigenvalue weighted by Crippen LogP contribution is -2.33. The van der Waals surface area contributed by atoms with E-state index in [1.54, 1.807) is 4.40 Å². The molecule has 0 radical (unpaired) electrons. The summed E-state index contributed by atoms with van der Waals surface area (Å²) in [7, 11) is 0. The van der Waals surface area contributed by atoms with E-state index in [-0.39, 0.29) is 23.7 Å². The highest BCUT2D eigenvalue weighted by atomic mass is 16.2. The molecule has 32 heavy (non-hydrogen) atoms. The molecule has 0 saturated carbocycles. The van der Waals surface area contributed by atoms with Gasteiger partial charge in [-0.05, 0) is 24.6 Å². The Morgan fingerprint density at radius 2 is 1.56 bits per heavy atom. The third-order valence-corrected chi connectivity index (χ3v) is 5.46. The van der Waals surface area contributed by atoms with E-state index in [2.05, 4.69) is 15.5 Å². The van der Waals surface area contributed by atoms with Crippen LogP contribution in [-0.2, 0) is 17.9 Å². The van der Waals surface area contributed by atoms with Gasteiger partial charge in [0.15, 0.2) is 5.82 Å². The van der Waals surface area contributed by atoms with Gasteiger partial charge in [-0.25, -0.2) is 0 Å². The number of carbonyl (C=O) groups excluding carboxylic acids is 1. The Labute approximate surface area is 184 Å². The summed E-state index contributed by atoms with van der Waals surface area (Å²) in [6, 6.07) is 25.0. The summed E-state index contributed by atoms with van der Waals surface area (Å²) in [6.45, 7) is 2.31. The van der Waals surface area contributed by atoms with Crippen LogP contribution in [0.15, 0.2) is 83.7 Å². The predicted octanol–water partition coefficient (Wildman–Crippen LogP) is 3.34. The molecule has 2 heterocycles. The van der Waals surface area contributed by atoms with Gasteiger partial charge >= 0.3 is 0 Å². The molecule has 7 nitrogen and oxygen atoms in total. The third-order valence-electron chi connectivity index (χ3n) is 5.46. The summed E-state index contributed by atoms with van der Waals surface area (Å²) in [5, 5.41) is 11.4. The number of nitrogens with one attached hydrogen (secondary N) is 1. The maximum absolute atomic E-state index is 13.3. The SMILES string of the molecule is Cc1ccc(-c2nnc3c(=O)n(CC(=O)NCc4ccccc4)c4ccccc4n23)cc1. The smallest absolute Gasteiger partial charge is 0.297 e. The van der Waals surface area contributed by atoms with E-state index in [4.69, 9.17) is 0 Å². The Kier molecular flexibility index (Phi) is 4.99. The van der Waals surface area contributed by atoms with Gasteiger partial charge in [0.25, 0.3) is 5.56 Å². The standard InChI is InChI=1S/C25H21N5O2/c1-17-11-13-19(14-12-17)23-27-28-24-25(32)29(20-9-5-6-10-21(20)30(23)24)16-22(31)26-15-18-7-3-2-4-8-18/h2-14H,15-16H2,1H3,(H,26,31). The second-order valence-electron chi connectivity index (χ2n) is 7.69. The topological polar surface area (TPSA) is 81.3 Å². The average Bonchev–Trinajstić information content (AvgIpc) is 3.27. The highest BCUT2D eigenvalue weighted by Gasteiger charge is 2.18. The number of nitrogens with zero attached hydrogens (tertiary/aromatic N) is 4. The van der Waals surface area contributed by atoms with Gasteiger partial charge in [0, 0.05) is 12.1 Å². The quantitative estimate of drug-likeness (QED) is 0.470. The number of hydrogen-bond acceptors (Lipinski definition) is 4. The van der Waals surface area contributed by atoms with E-state index < -0.39 is 0 Å². The van der Waals surface area contributed by atoms with Crippen LogP contribution in [0.5, 0.6) is 0 Å². The van der Waals surface area contributed by atoms with Crippen LogP contribution in [0.3, 0.4) is 0 Å². The Bertz CT molecular complexity index is 1480. The van der Waals surface area contributed by atoms with Crippen LogP contribution in [0.1, 0.15) is 11.1 Å². The first kappa shape index (κ1) is 19.7. The Morgan fingerprint density at radius 1 is 0.875 bits per heavy atom. The maximum atomic E-state index is 13.3. The second-order valence-corrected chi connectivity index (χ2v) is 7.69. The molecule has 0 unspecified atom stereocenters. The monoisotopic (exact) mass is 423 g/mol. The number of fused-ring (bicyclic) bond motifs is 3. The lowest BCUT2D eigenvalue weighted by molar-refractivity contribution is -0.121. The summed E-state index contributed by atoms with van der Waals surface area (Å²) in [5.41, 5.74) is 4.24. The lowest BCUT2D eigenvalue weighted by atomic mass is 10.1. The van der Waals surface area contributed by atoms with Crippen LogP contribution in [0, 0.1) is 6.92 Å². The second kappa shape index (κ2) is 8.11. The zero-order valence-corrected chi connectivity index (χ0v) is 17.5. The summed E-state index contributed by atoms with van der Waals surface area (Å²) in [6.07, 6.45) is 0. The number of hydrogen-bond donors (Lipinski definition) is 1. The molecule has 0 saturated heterocycles. The van der Waals surface area contributed by atoms with E-state index in [0.717, 1.165) is 22.2 Å². The molecule has 0 fully saturated rings. The fourth-order valence-electron chi connectivity index (χ4n) is 3.81. The molecule has 1 amide bonds. The molecule has 7 heteroatoms. The van der Waals surface area contributed by atoms with Gasteiger partial charge in [0.2, 0.25) is 11.6 Å². The van der Waals surface area contributed by atoms with Crippen molar-refractivity contribution in [1.29, 1.82) is 0 Å². The van der Waals surface area contributed by atoms with Gasteiger partial charge in [0.05, 0.1) is 11.0 Å². The minimum absolute atomic E-state index is 0.102. The molecule has 158 valence electrons. The summed E-state index contributed by atoms with van der Waals surface area (Å²) >= 11 is 0. The van der Waals surface area contributed by atoms with Crippen LogP contribution in [0.2, 0.25) is 0 Å². The lowest BCUT2D eigenvalue weighted by Gasteiger charge is -2.13. The first-order valence-electron chi connectivity index (χ1n) is 10.4. The molecule has 0 aliphatic rings. The van der Waals surface area contributed by atoms with Crippen molar-refractivity contribution in [3.63, 3.8) is 0 Å². The van der Waals surface area contributed by atoms with Gasteiger partial charge in [-0.1, -0.05) is 72.3 Å². The highest BCUT2D eigenvalue weighted by molar-refractivity contribution is 5.83. The molecule has 5 aromatic rings. The molecular weight excluding hydrogens is 402 g/mol. The van der Waals surface area contributed by atoms with Crippen LogP contribution >= 0.6 is 0 Å². The van der Waals surface area contributed by atoms with Crippen molar-refractivity contribution in [3.8, 4) is 11.4 Å². The Morgan fingerprint density at radius 3 is 2.31 bits per heavy atom. The zero-order chi connectivity index (χ0) is 22.1. The first-order valence-corrected chi connectivity index (χ1v) is 10.4. The maximum Gasteiger partial charge on any atom is 0.297 e. The normalized spacial score (nSPS) is 11.2. The summed E-state index contributed by atoms with van der Waals surface area (Å²) in [5.74, 6) is 0.345. The molecule has 0 aliphatic heterocycles. The molecule has 1 N–H and O–H groups in total. The fraction of sp³-hybridized carbons (Fsp3) is 0.120. The molecule has 3 aromatic carbocycles. The molecule has 5 rings (SSSR count). The highest BCUT2D eigenvalue weighted by Crippen LogP contribution is 2.22. The zero-order valence-electron chi connectivity index (χ0n) is 17.5. The number of aromatic nitrogens is 4. The van der Waals surface area contributed by atoms with Crippen molar-refractivity contribution in [1.82, 2.24) is 24.5 Å². The molecule has 0 bridgehead atoms. The van der Waals surface area contributed by atoms with Crippen LogP contribution in [0.25, 0.3) is 28.1 Å². The number of para-hydroxylation sites is 2. The van der Waals surface area contributed by atoms with Crippen molar-refractivity contribution >= 4 is 22.6 Å². The van der Waals surface area contributed by atoms with E-state index >= 15 is 0 Å². The Hall–Kier alpha value is -4.26. The average molecular weight is 423 g/mol. The number of rotatable bonds is 5. The van der Waals surface area contributed by atoms with Gasteiger partial charge in [-0.2, -0.15) is 0 Å². The first-order chi connectivity index (χ1) is 15.6. The van der Waals surface area contributed by atoms with E-state index in [1.807, 2.05) is 85.8 Å². The van der Waals surface area contributed by atoms with E-state index in [1.165, 1.54) is 4.57 Å². The molecule has 0 aliphatic carbocycles. The number of amides is 1. The number of benzene rings is 3. The van der Waals surface area contributed by atoms with Gasteiger partial charge in [-0.3, -0.25) is 18.6 Å². The van der Waals surface area contributed by atoms with E-state index in [9.17, 15) is 9.59 Å². The van der Waals surface area contributed by atoms with Crippen LogP contribution in [-0.4, -0.2) is 25.1 Å². The molecule has 0 spiro atoms. The number of aryl methyl sites for hydroxylation is 1. The van der Waals surface area contributed by atoms with Crippen molar-refractivity contribution in [2.45, 2.75) is 20.0 Å². The van der Waals surface area contributed by atoms with Crippen molar-refractivity contribution in [3.05, 3.63) is 100 Å². The van der Waals surface area contributed by atoms with Crippen molar-refractivity contribution in [2.75, 3.05) is 0 Å².